The lowest BCUT2D eigenvalue weighted by molar-refractivity contribution is -0.127. The average molecular weight is 785 g/mol. The summed E-state index contributed by atoms with van der Waals surface area (Å²) in [6.07, 6.45) is 8.47. The van der Waals surface area contributed by atoms with E-state index in [9.17, 15) is 4.79 Å². The first kappa shape index (κ1) is 40.1. The zero-order chi connectivity index (χ0) is 37.0. The molecule has 3 aromatic carbocycles. The van der Waals surface area contributed by atoms with Gasteiger partial charge < -0.3 is 19.1 Å². The lowest BCUT2D eigenvalue weighted by atomic mass is 10.1. The van der Waals surface area contributed by atoms with E-state index in [2.05, 4.69) is 45.2 Å². The lowest BCUT2D eigenvalue weighted by Crippen LogP contribution is -2.47. The predicted molar refractivity (Wildman–Crippen MR) is 214 cm³/mol. The van der Waals surface area contributed by atoms with Crippen molar-refractivity contribution in [3.8, 4) is 29.2 Å². The SMILES string of the molecule is Cc1cc(/C=C/C(=O)N2CCN(Cc3ccc(CCCOc4ccc(Cl)nc4)cc3)CC2)cc(Cl)c1Oc1ccc(OCc2ccc(C#N)cc2)cn1.Cl. The van der Waals surface area contributed by atoms with E-state index in [4.69, 9.17) is 42.7 Å². The van der Waals surface area contributed by atoms with Crippen LogP contribution in [0.5, 0.6) is 23.1 Å². The first-order valence-electron chi connectivity index (χ1n) is 17.4. The van der Waals surface area contributed by atoms with E-state index in [1.165, 1.54) is 11.1 Å². The molecule has 0 spiro atoms. The fourth-order valence-corrected chi connectivity index (χ4v) is 6.25. The molecule has 0 N–H and O–H groups in total. The molecule has 0 unspecified atom stereocenters. The van der Waals surface area contributed by atoms with Gasteiger partial charge >= 0.3 is 0 Å². The van der Waals surface area contributed by atoms with Gasteiger partial charge in [-0.3, -0.25) is 9.69 Å². The molecule has 0 aliphatic carbocycles. The molecule has 3 heterocycles. The minimum atomic E-state index is -0.0231. The highest BCUT2D eigenvalue weighted by Crippen LogP contribution is 2.34. The summed E-state index contributed by atoms with van der Waals surface area (Å²) in [6.45, 7) is 6.69. The van der Waals surface area contributed by atoms with E-state index in [0.717, 1.165) is 54.9 Å². The van der Waals surface area contributed by atoms with Crippen LogP contribution < -0.4 is 14.2 Å². The highest BCUT2D eigenvalue weighted by atomic mass is 35.5. The van der Waals surface area contributed by atoms with Gasteiger partial charge in [0.05, 0.1) is 35.7 Å². The maximum Gasteiger partial charge on any atom is 0.246 e. The van der Waals surface area contributed by atoms with Crippen LogP contribution in [-0.4, -0.2) is 58.5 Å². The number of aryl methyl sites for hydroxylation is 2. The molecule has 5 aromatic rings. The van der Waals surface area contributed by atoms with E-state index < -0.39 is 0 Å². The van der Waals surface area contributed by atoms with Gasteiger partial charge in [0.2, 0.25) is 11.8 Å². The number of aromatic nitrogens is 2. The molecule has 54 heavy (non-hydrogen) atoms. The Morgan fingerprint density at radius 1 is 0.852 bits per heavy atom. The molecular formula is C42H40Cl3N5O4. The second-order valence-corrected chi connectivity index (χ2v) is 13.5. The minimum absolute atomic E-state index is 0. The molecule has 0 atom stereocenters. The van der Waals surface area contributed by atoms with Crippen LogP contribution in [0.15, 0.2) is 103 Å². The Kier molecular flexibility index (Phi) is 14.7. The number of piperazine rings is 1. The van der Waals surface area contributed by atoms with Crippen molar-refractivity contribution in [3.05, 3.63) is 147 Å². The summed E-state index contributed by atoms with van der Waals surface area (Å²) in [6, 6.07) is 28.8. The van der Waals surface area contributed by atoms with E-state index >= 15 is 0 Å². The third-order valence-corrected chi connectivity index (χ3v) is 9.27. The molecule has 1 amide bonds. The number of benzene rings is 3. The molecule has 1 saturated heterocycles. The molecule has 2 aromatic heterocycles. The smallest absolute Gasteiger partial charge is 0.246 e. The Hall–Kier alpha value is -5.11. The molecule has 1 aliphatic heterocycles. The summed E-state index contributed by atoms with van der Waals surface area (Å²) >= 11 is 12.4. The van der Waals surface area contributed by atoms with Gasteiger partial charge in [0, 0.05) is 44.9 Å². The Labute approximate surface area is 332 Å². The first-order valence-corrected chi connectivity index (χ1v) is 18.1. The Morgan fingerprint density at radius 2 is 1.54 bits per heavy atom. The fourth-order valence-electron chi connectivity index (χ4n) is 5.82. The van der Waals surface area contributed by atoms with Gasteiger partial charge in [-0.05, 0) is 96.1 Å². The third kappa shape index (κ3) is 11.7. The second-order valence-electron chi connectivity index (χ2n) is 12.7. The number of pyridine rings is 2. The highest BCUT2D eigenvalue weighted by molar-refractivity contribution is 6.32. The number of hydrogen-bond donors (Lipinski definition) is 0. The number of amides is 1. The second kappa shape index (κ2) is 19.8. The van der Waals surface area contributed by atoms with Gasteiger partial charge in [-0.15, -0.1) is 12.4 Å². The van der Waals surface area contributed by atoms with Crippen molar-refractivity contribution in [2.75, 3.05) is 32.8 Å². The number of carbonyl (C=O) groups excluding carboxylic acids is 1. The summed E-state index contributed by atoms with van der Waals surface area (Å²) in [5.41, 5.74) is 5.71. The van der Waals surface area contributed by atoms with Crippen molar-refractivity contribution in [1.29, 1.82) is 5.26 Å². The molecule has 9 nitrogen and oxygen atoms in total. The summed E-state index contributed by atoms with van der Waals surface area (Å²) < 4.78 is 17.6. The minimum Gasteiger partial charge on any atom is -0.492 e. The molecule has 12 heteroatoms. The monoisotopic (exact) mass is 783 g/mol. The van der Waals surface area contributed by atoms with Crippen LogP contribution in [-0.2, 0) is 24.4 Å². The summed E-state index contributed by atoms with van der Waals surface area (Å²) in [5.74, 6) is 2.16. The molecule has 0 radical (unpaired) electrons. The van der Waals surface area contributed by atoms with Gasteiger partial charge in [0.25, 0.3) is 0 Å². The van der Waals surface area contributed by atoms with Gasteiger partial charge in [-0.2, -0.15) is 5.26 Å². The van der Waals surface area contributed by atoms with Crippen molar-refractivity contribution in [2.45, 2.75) is 32.9 Å². The standard InChI is InChI=1S/C42H39Cl2N5O4.ClH/c1-30-23-35(24-38(43)42(30)53-40-16-14-37(27-47-40)52-29-34-10-6-32(25-45)7-11-34)12-17-41(50)49-20-18-48(19-21-49)28-33-8-4-31(5-9-33)3-2-22-51-36-13-15-39(44)46-26-36;/h4-17,23-24,26-27H,2-3,18-22,28-29H2,1H3;1H/b17-12+;. The van der Waals surface area contributed by atoms with Crippen LogP contribution in [0.25, 0.3) is 6.08 Å². The summed E-state index contributed by atoms with van der Waals surface area (Å²) in [4.78, 5) is 25.7. The van der Waals surface area contributed by atoms with Crippen LogP contribution in [0.4, 0.5) is 0 Å². The van der Waals surface area contributed by atoms with Gasteiger partial charge in [-0.1, -0.05) is 59.6 Å². The molecule has 278 valence electrons. The quantitative estimate of drug-likeness (QED) is 0.0625. The average Bonchev–Trinajstić information content (AvgIpc) is 3.18. The number of nitriles is 1. The number of rotatable bonds is 14. The Morgan fingerprint density at radius 3 is 2.20 bits per heavy atom. The van der Waals surface area contributed by atoms with Gasteiger partial charge in [0.15, 0.2) is 5.75 Å². The van der Waals surface area contributed by atoms with Crippen LogP contribution in [0.2, 0.25) is 10.2 Å². The van der Waals surface area contributed by atoms with E-state index in [1.54, 1.807) is 60.9 Å². The highest BCUT2D eigenvalue weighted by Gasteiger charge is 2.20. The van der Waals surface area contributed by atoms with Crippen LogP contribution in [0, 0.1) is 18.3 Å². The largest absolute Gasteiger partial charge is 0.492 e. The summed E-state index contributed by atoms with van der Waals surface area (Å²) in [7, 11) is 0. The Bertz CT molecular complexity index is 2020. The zero-order valence-corrected chi connectivity index (χ0v) is 32.1. The maximum absolute atomic E-state index is 13.1. The van der Waals surface area contributed by atoms with E-state index in [1.807, 2.05) is 36.1 Å². The molecule has 6 rings (SSSR count). The molecule has 1 aliphatic rings. The summed E-state index contributed by atoms with van der Waals surface area (Å²) in [5, 5.41) is 9.83. The van der Waals surface area contributed by atoms with Crippen LogP contribution >= 0.6 is 35.6 Å². The normalized spacial score (nSPS) is 12.9. The number of ether oxygens (including phenoxy) is 3. The van der Waals surface area contributed by atoms with Crippen molar-refractivity contribution >= 4 is 47.6 Å². The lowest BCUT2D eigenvalue weighted by Gasteiger charge is -2.34. The zero-order valence-electron chi connectivity index (χ0n) is 29.8. The number of carbonyl (C=O) groups is 1. The Balaban J connectivity index is 0.00000561. The predicted octanol–water partition coefficient (Wildman–Crippen LogP) is 9.13. The number of nitrogens with zero attached hydrogens (tertiary/aromatic N) is 5. The first-order chi connectivity index (χ1) is 25.8. The van der Waals surface area contributed by atoms with Crippen molar-refractivity contribution in [3.63, 3.8) is 0 Å². The third-order valence-electron chi connectivity index (χ3n) is 8.77. The van der Waals surface area contributed by atoms with Crippen molar-refractivity contribution in [1.82, 2.24) is 19.8 Å². The molecule has 1 fully saturated rings. The molecular weight excluding hydrogens is 745 g/mol. The fraction of sp³-hybridized carbons (Fsp3) is 0.238. The van der Waals surface area contributed by atoms with Crippen molar-refractivity contribution in [2.24, 2.45) is 0 Å². The van der Waals surface area contributed by atoms with Crippen LogP contribution in [0.3, 0.4) is 0 Å². The molecule has 0 saturated carbocycles. The number of halogens is 3. The van der Waals surface area contributed by atoms with Gasteiger partial charge in [-0.25, -0.2) is 9.97 Å². The van der Waals surface area contributed by atoms with Crippen molar-refractivity contribution < 1.29 is 19.0 Å². The number of hydrogen-bond acceptors (Lipinski definition) is 8. The van der Waals surface area contributed by atoms with E-state index in [0.29, 0.717) is 59.4 Å². The maximum atomic E-state index is 13.1. The van der Waals surface area contributed by atoms with E-state index in [-0.39, 0.29) is 18.3 Å². The topological polar surface area (TPSA) is 101 Å². The molecule has 0 bridgehead atoms. The van der Waals surface area contributed by atoms with Gasteiger partial charge in [0.1, 0.15) is 23.3 Å². The van der Waals surface area contributed by atoms with Crippen LogP contribution in [0.1, 0.15) is 39.8 Å².